The average Bonchev–Trinajstić information content (AvgIpc) is 3.85. The Bertz CT molecular complexity index is 3000. The van der Waals surface area contributed by atoms with Gasteiger partial charge in [0.15, 0.2) is 11.7 Å². The Morgan fingerprint density at radius 1 is 0.500 bits per heavy atom. The largest absolute Gasteiger partial charge is 0.456 e. The molecule has 0 aliphatic heterocycles. The fourth-order valence-corrected chi connectivity index (χ4v) is 8.02. The number of aliphatic imine (C=N–C) groups is 3. The summed E-state index contributed by atoms with van der Waals surface area (Å²) >= 11 is 0. The highest BCUT2D eigenvalue weighted by Gasteiger charge is 2.21. The molecule has 8 aromatic carbocycles. The van der Waals surface area contributed by atoms with Gasteiger partial charge in [0, 0.05) is 39.0 Å². The van der Waals surface area contributed by atoms with Gasteiger partial charge in [0.05, 0.1) is 6.54 Å². The van der Waals surface area contributed by atoms with Gasteiger partial charge in [-0.05, 0) is 107 Å². The Kier molecular flexibility index (Phi) is 9.09. The van der Waals surface area contributed by atoms with Gasteiger partial charge in [-0.3, -0.25) is 4.99 Å². The number of para-hydroxylation sites is 1. The smallest absolute Gasteiger partial charge is 0.161 e. The lowest BCUT2D eigenvalue weighted by Gasteiger charge is -2.26. The van der Waals surface area contributed by atoms with Crippen LogP contribution in [0.25, 0.3) is 44.2 Å². The molecule has 0 N–H and O–H groups in total. The first kappa shape index (κ1) is 34.8. The van der Waals surface area contributed by atoms with Crippen LogP contribution in [0.3, 0.4) is 0 Å². The second-order valence-corrected chi connectivity index (χ2v) is 14.5. The Labute approximate surface area is 337 Å². The van der Waals surface area contributed by atoms with Gasteiger partial charge in [0.1, 0.15) is 11.2 Å². The highest BCUT2D eigenvalue weighted by atomic mass is 16.3. The van der Waals surface area contributed by atoms with Crippen LogP contribution in [0.1, 0.15) is 27.8 Å². The highest BCUT2D eigenvalue weighted by Crippen LogP contribution is 2.42. The molecule has 58 heavy (non-hydrogen) atoms. The van der Waals surface area contributed by atoms with Crippen LogP contribution in [0.15, 0.2) is 214 Å². The zero-order valence-corrected chi connectivity index (χ0v) is 31.8. The minimum absolute atomic E-state index is 0.427. The lowest BCUT2D eigenvalue weighted by molar-refractivity contribution is 0.668. The van der Waals surface area contributed by atoms with Gasteiger partial charge >= 0.3 is 0 Å². The molecule has 1 aliphatic rings. The van der Waals surface area contributed by atoms with E-state index in [1.165, 1.54) is 22.3 Å². The van der Waals surface area contributed by atoms with Crippen molar-refractivity contribution in [3.05, 3.63) is 222 Å². The Balaban J connectivity index is 0.935. The molecule has 276 valence electrons. The summed E-state index contributed by atoms with van der Waals surface area (Å²) < 4.78 is 6.52. The molecule has 0 saturated heterocycles. The summed E-state index contributed by atoms with van der Waals surface area (Å²) in [7, 11) is 0. The lowest BCUT2D eigenvalue weighted by atomic mass is 10.0. The van der Waals surface area contributed by atoms with E-state index in [1.807, 2.05) is 60.7 Å². The molecule has 9 aromatic rings. The number of furan rings is 1. The average molecular weight is 747 g/mol. The minimum atomic E-state index is 0.427. The van der Waals surface area contributed by atoms with Crippen LogP contribution < -0.4 is 4.90 Å². The van der Waals surface area contributed by atoms with E-state index in [-0.39, 0.29) is 0 Å². The molecular weight excluding hydrogens is 709 g/mol. The molecule has 1 aromatic heterocycles. The Hall–Kier alpha value is -7.63. The second-order valence-electron chi connectivity index (χ2n) is 14.5. The fraction of sp³-hybridized carbons (Fsp3) is 0.0377. The van der Waals surface area contributed by atoms with Gasteiger partial charge in [0.2, 0.25) is 0 Å². The van der Waals surface area contributed by atoms with E-state index in [0.717, 1.165) is 73.2 Å². The van der Waals surface area contributed by atoms with E-state index >= 15 is 0 Å². The molecule has 0 unspecified atom stereocenters. The van der Waals surface area contributed by atoms with E-state index in [2.05, 4.69) is 150 Å². The number of hydrogen-bond acceptors (Lipinski definition) is 3. The number of fused-ring (bicyclic) bond motifs is 6. The summed E-state index contributed by atoms with van der Waals surface area (Å²) in [5.74, 6) is 1.12. The second kappa shape index (κ2) is 15.1. The van der Waals surface area contributed by atoms with Crippen LogP contribution in [-0.4, -0.2) is 18.4 Å². The first-order valence-electron chi connectivity index (χ1n) is 19.5. The van der Waals surface area contributed by atoms with Crippen LogP contribution in [0.4, 0.5) is 17.1 Å². The molecule has 5 heteroatoms. The van der Waals surface area contributed by atoms with Gasteiger partial charge in [-0.25, -0.2) is 9.98 Å². The van der Waals surface area contributed by atoms with E-state index in [1.54, 1.807) is 0 Å². The van der Waals surface area contributed by atoms with Gasteiger partial charge < -0.3 is 9.32 Å². The van der Waals surface area contributed by atoms with Gasteiger partial charge in [-0.2, -0.15) is 0 Å². The molecule has 0 spiro atoms. The maximum absolute atomic E-state index is 6.52. The van der Waals surface area contributed by atoms with Crippen LogP contribution in [0.5, 0.6) is 0 Å². The first-order chi connectivity index (χ1) is 28.7. The van der Waals surface area contributed by atoms with Crippen molar-refractivity contribution in [3.63, 3.8) is 0 Å². The Morgan fingerprint density at radius 3 is 1.83 bits per heavy atom. The number of rotatable bonds is 8. The van der Waals surface area contributed by atoms with Crippen molar-refractivity contribution in [1.82, 2.24) is 0 Å². The maximum atomic E-state index is 6.52. The molecule has 0 radical (unpaired) electrons. The van der Waals surface area contributed by atoms with Crippen molar-refractivity contribution in [2.24, 2.45) is 15.0 Å². The third kappa shape index (κ3) is 6.69. The SMILES string of the molecule is C=NC(=NC(=NCc1ccc2c(c1)oc1cc(-c3ccc(N(c4ccccc4)c4ccc5c(c4)Cc4ccccc4-5)cc3)ccc12)c1ccccc1)c1ccccc1. The van der Waals surface area contributed by atoms with E-state index in [9.17, 15) is 0 Å². The van der Waals surface area contributed by atoms with Crippen molar-refractivity contribution < 1.29 is 4.42 Å². The Morgan fingerprint density at radius 2 is 1.09 bits per heavy atom. The van der Waals surface area contributed by atoms with Crippen molar-refractivity contribution >= 4 is 57.4 Å². The molecular formula is C53H38N4O. The van der Waals surface area contributed by atoms with E-state index in [4.69, 9.17) is 14.4 Å². The van der Waals surface area contributed by atoms with Crippen molar-refractivity contribution in [1.29, 1.82) is 0 Å². The molecule has 1 heterocycles. The molecule has 1 aliphatic carbocycles. The van der Waals surface area contributed by atoms with Crippen molar-refractivity contribution in [2.75, 3.05) is 4.90 Å². The number of nitrogens with zero attached hydrogens (tertiary/aromatic N) is 4. The van der Waals surface area contributed by atoms with Crippen LogP contribution in [-0.2, 0) is 13.0 Å². The minimum Gasteiger partial charge on any atom is -0.456 e. The molecule has 10 rings (SSSR count). The third-order valence-corrected chi connectivity index (χ3v) is 10.9. The van der Waals surface area contributed by atoms with Crippen LogP contribution in [0, 0.1) is 0 Å². The molecule has 0 bridgehead atoms. The molecule has 0 saturated carbocycles. The summed E-state index contributed by atoms with van der Waals surface area (Å²) in [4.78, 5) is 16.4. The molecule has 0 amide bonds. The van der Waals surface area contributed by atoms with Crippen molar-refractivity contribution in [2.45, 2.75) is 13.0 Å². The maximum Gasteiger partial charge on any atom is 0.161 e. The third-order valence-electron chi connectivity index (χ3n) is 10.9. The van der Waals surface area contributed by atoms with Gasteiger partial charge in [-0.1, -0.05) is 140 Å². The summed E-state index contributed by atoms with van der Waals surface area (Å²) in [5.41, 5.74) is 15.5. The fourth-order valence-electron chi connectivity index (χ4n) is 8.02. The summed E-state index contributed by atoms with van der Waals surface area (Å²) in [6.07, 6.45) is 0.953. The first-order valence-corrected chi connectivity index (χ1v) is 19.5. The standard InChI is InChI=1S/C53H38N4O/c1-54-52(38-13-5-2-6-14-38)56-53(39-15-7-3-8-16-39)55-35-36-21-28-48-49-29-24-40(34-51(49)58-50(48)31-36)37-22-25-44(26-23-37)57(43-18-9-4-10-19-43)45-27-30-47-42(33-45)32-41-17-11-12-20-46(41)47/h2-31,33-34H,1,32,35H2. The summed E-state index contributed by atoms with van der Waals surface area (Å²) in [6, 6.07) is 67.6. The molecule has 0 atom stereocenters. The number of hydrogen-bond donors (Lipinski definition) is 0. The molecule has 5 nitrogen and oxygen atoms in total. The number of benzene rings is 8. The number of anilines is 3. The van der Waals surface area contributed by atoms with Gasteiger partial charge in [-0.15, -0.1) is 0 Å². The van der Waals surface area contributed by atoms with E-state index < -0.39 is 0 Å². The summed E-state index contributed by atoms with van der Waals surface area (Å²) in [6.45, 7) is 4.21. The van der Waals surface area contributed by atoms with Crippen LogP contribution >= 0.6 is 0 Å². The highest BCUT2D eigenvalue weighted by molar-refractivity contribution is 6.12. The zero-order valence-electron chi connectivity index (χ0n) is 31.8. The molecule has 0 fully saturated rings. The number of amidine groups is 2. The zero-order chi connectivity index (χ0) is 38.8. The quantitative estimate of drug-likeness (QED) is 0.115. The predicted molar refractivity (Wildman–Crippen MR) is 241 cm³/mol. The van der Waals surface area contributed by atoms with Crippen molar-refractivity contribution in [3.8, 4) is 22.3 Å². The normalized spacial score (nSPS) is 12.4. The summed E-state index contributed by atoms with van der Waals surface area (Å²) in [5, 5.41) is 2.16. The van der Waals surface area contributed by atoms with E-state index in [0.29, 0.717) is 18.2 Å². The van der Waals surface area contributed by atoms with Crippen LogP contribution in [0.2, 0.25) is 0 Å². The van der Waals surface area contributed by atoms with Gasteiger partial charge in [0.25, 0.3) is 0 Å². The monoisotopic (exact) mass is 746 g/mol. The predicted octanol–water partition coefficient (Wildman–Crippen LogP) is 13.4. The topological polar surface area (TPSA) is 53.5 Å². The lowest BCUT2D eigenvalue weighted by Crippen LogP contribution is -2.10.